The van der Waals surface area contributed by atoms with E-state index in [4.69, 9.17) is 0 Å². The van der Waals surface area contributed by atoms with Crippen LogP contribution in [-0.4, -0.2) is 0 Å². The lowest BCUT2D eigenvalue weighted by Gasteiger charge is -2.34. The predicted octanol–water partition coefficient (Wildman–Crippen LogP) is 12.7. The molecule has 0 amide bonds. The largest absolute Gasteiger partial charge is 0.121 e. The van der Waals surface area contributed by atoms with Gasteiger partial charge in [0.05, 0.1) is 5.41 Å². The molecule has 7 aromatic rings. The van der Waals surface area contributed by atoms with Crippen molar-refractivity contribution >= 4 is 5.57 Å². The summed E-state index contributed by atoms with van der Waals surface area (Å²) in [5.74, 6) is 0. The minimum absolute atomic E-state index is 0.488. The van der Waals surface area contributed by atoms with Gasteiger partial charge in [0.15, 0.2) is 0 Å². The summed E-state index contributed by atoms with van der Waals surface area (Å²) in [6.45, 7) is 0. The topological polar surface area (TPSA) is 0 Å². The highest BCUT2D eigenvalue weighted by molar-refractivity contribution is 5.90. The van der Waals surface area contributed by atoms with Crippen LogP contribution < -0.4 is 0 Å². The lowest BCUT2D eigenvalue weighted by atomic mass is 9.67. The first-order valence-electron chi connectivity index (χ1n) is 17.3. The summed E-state index contributed by atoms with van der Waals surface area (Å²) in [7, 11) is 0. The van der Waals surface area contributed by atoms with Crippen molar-refractivity contribution in [3.8, 4) is 44.5 Å². The Morgan fingerprint density at radius 2 is 0.780 bits per heavy atom. The molecule has 0 N–H and O–H groups in total. The second-order valence-electron chi connectivity index (χ2n) is 13.0. The zero-order chi connectivity index (χ0) is 33.3. The molecule has 0 heteroatoms. The molecular formula is C50H34. The van der Waals surface area contributed by atoms with Gasteiger partial charge < -0.3 is 0 Å². The van der Waals surface area contributed by atoms with Gasteiger partial charge in [0.1, 0.15) is 0 Å². The summed E-state index contributed by atoms with van der Waals surface area (Å²) >= 11 is 0. The van der Waals surface area contributed by atoms with Crippen molar-refractivity contribution in [1.29, 1.82) is 0 Å². The zero-order valence-electron chi connectivity index (χ0n) is 27.6. The normalized spacial score (nSPS) is 13.7. The minimum Gasteiger partial charge on any atom is -0.121 e. The van der Waals surface area contributed by atoms with Crippen LogP contribution in [-0.2, 0) is 5.41 Å². The number of allylic oxidation sites excluding steroid dienone is 5. The van der Waals surface area contributed by atoms with Crippen LogP contribution in [0.25, 0.3) is 50.1 Å². The third-order valence-electron chi connectivity index (χ3n) is 10.3. The van der Waals surface area contributed by atoms with E-state index in [1.54, 1.807) is 0 Å². The van der Waals surface area contributed by atoms with E-state index in [1.807, 2.05) is 18.2 Å². The molecule has 0 unspecified atom stereocenters. The van der Waals surface area contributed by atoms with Crippen LogP contribution in [0.3, 0.4) is 0 Å². The Hall–Kier alpha value is -6.46. The molecule has 0 aromatic heterocycles. The van der Waals surface area contributed by atoms with E-state index in [0.717, 1.165) is 0 Å². The second kappa shape index (κ2) is 12.5. The van der Waals surface area contributed by atoms with E-state index < -0.39 is 5.41 Å². The van der Waals surface area contributed by atoms with Gasteiger partial charge in [-0.25, -0.2) is 0 Å². The van der Waals surface area contributed by atoms with Gasteiger partial charge in [0.2, 0.25) is 0 Å². The van der Waals surface area contributed by atoms with Crippen LogP contribution in [0, 0.1) is 0 Å². The fraction of sp³-hybridized carbons (Fsp3) is 0.0200. The Kier molecular flexibility index (Phi) is 7.43. The van der Waals surface area contributed by atoms with Gasteiger partial charge in [0, 0.05) is 0 Å². The number of rotatable bonds is 6. The molecule has 0 aliphatic heterocycles. The van der Waals surface area contributed by atoms with Gasteiger partial charge in [-0.1, -0.05) is 176 Å². The van der Waals surface area contributed by atoms with E-state index >= 15 is 0 Å². The highest BCUT2D eigenvalue weighted by atomic mass is 14.5. The Bertz CT molecular complexity index is 2410. The lowest BCUT2D eigenvalue weighted by Crippen LogP contribution is -2.28. The van der Waals surface area contributed by atoms with Crippen LogP contribution in [0.15, 0.2) is 212 Å². The second-order valence-corrected chi connectivity index (χ2v) is 13.0. The van der Waals surface area contributed by atoms with Gasteiger partial charge in [-0.2, -0.15) is 0 Å². The maximum atomic E-state index is 3.16. The lowest BCUT2D eigenvalue weighted by molar-refractivity contribution is 0.769. The number of fused-ring (bicyclic) bond motifs is 3. The summed E-state index contributed by atoms with van der Waals surface area (Å²) in [5.41, 5.74) is 20.1. The average Bonchev–Trinajstić information content (AvgIpc) is 3.30. The SMILES string of the molecule is C1=CC=CC(c2ccc(-c3ccc4c(c3)C(c3ccccc3)(c3ccccc3)c3cc(-c5ccc(-c6ccccc6)cc5)ccc3-4)cc2)=CC=1. The summed E-state index contributed by atoms with van der Waals surface area (Å²) in [6.07, 6.45) is 10.2. The Morgan fingerprint density at radius 1 is 0.360 bits per heavy atom. The van der Waals surface area contributed by atoms with E-state index in [9.17, 15) is 0 Å². The maximum Gasteiger partial charge on any atom is 0.0713 e. The third-order valence-corrected chi connectivity index (χ3v) is 10.3. The molecule has 2 aliphatic carbocycles. The third kappa shape index (κ3) is 5.03. The standard InChI is InChI=1S/C50H34/c1-2-7-15-36(14-6-1)38-22-26-40(27-23-38)42-30-32-46-47-33-31-43(41-28-24-39(25-29-41)37-16-8-3-9-17-37)35-49(47)50(48(46)34-42,44-18-10-4-11-19-44)45-20-12-5-13-21-45/h1,3-35H. The fourth-order valence-electron chi connectivity index (χ4n) is 7.84. The van der Waals surface area contributed by atoms with Crippen molar-refractivity contribution in [3.63, 3.8) is 0 Å². The quantitative estimate of drug-likeness (QED) is 0.160. The Balaban J connectivity index is 1.21. The minimum atomic E-state index is -0.488. The first kappa shape index (κ1) is 29.7. The molecule has 0 bridgehead atoms. The van der Waals surface area contributed by atoms with Crippen LogP contribution >= 0.6 is 0 Å². The number of hydrogen-bond donors (Lipinski definition) is 0. The average molecular weight is 635 g/mol. The molecule has 234 valence electrons. The molecule has 7 aromatic carbocycles. The molecule has 0 radical (unpaired) electrons. The van der Waals surface area contributed by atoms with Crippen molar-refractivity contribution in [1.82, 2.24) is 0 Å². The first-order valence-corrected chi connectivity index (χ1v) is 17.3. The van der Waals surface area contributed by atoms with Gasteiger partial charge in [-0.3, -0.25) is 0 Å². The van der Waals surface area contributed by atoms with Gasteiger partial charge in [-0.05, 0) is 108 Å². The maximum absolute atomic E-state index is 3.16. The summed E-state index contributed by atoms with van der Waals surface area (Å²) in [5, 5.41) is 0. The van der Waals surface area contributed by atoms with Crippen LogP contribution in [0.2, 0.25) is 0 Å². The van der Waals surface area contributed by atoms with Crippen molar-refractivity contribution in [3.05, 3.63) is 240 Å². The van der Waals surface area contributed by atoms with Crippen molar-refractivity contribution < 1.29 is 0 Å². The smallest absolute Gasteiger partial charge is 0.0713 e. The molecular weight excluding hydrogens is 601 g/mol. The molecule has 0 fully saturated rings. The molecule has 9 rings (SSSR count). The Morgan fingerprint density at radius 3 is 1.30 bits per heavy atom. The molecule has 0 atom stereocenters. The monoisotopic (exact) mass is 634 g/mol. The molecule has 0 nitrogen and oxygen atoms in total. The zero-order valence-corrected chi connectivity index (χ0v) is 27.6. The van der Waals surface area contributed by atoms with Gasteiger partial charge in [-0.15, -0.1) is 5.73 Å². The number of hydrogen-bond acceptors (Lipinski definition) is 0. The number of benzene rings is 7. The predicted molar refractivity (Wildman–Crippen MR) is 210 cm³/mol. The van der Waals surface area contributed by atoms with Crippen molar-refractivity contribution in [2.24, 2.45) is 0 Å². The van der Waals surface area contributed by atoms with Crippen LogP contribution in [0.1, 0.15) is 27.8 Å². The highest BCUT2D eigenvalue weighted by Crippen LogP contribution is 2.57. The first-order chi connectivity index (χ1) is 24.8. The summed E-state index contributed by atoms with van der Waals surface area (Å²) < 4.78 is 0. The van der Waals surface area contributed by atoms with Crippen molar-refractivity contribution in [2.75, 3.05) is 0 Å². The molecule has 0 heterocycles. The molecule has 0 saturated heterocycles. The van der Waals surface area contributed by atoms with Crippen LogP contribution in [0.5, 0.6) is 0 Å². The molecule has 0 spiro atoms. The van der Waals surface area contributed by atoms with Crippen LogP contribution in [0.4, 0.5) is 0 Å². The summed E-state index contributed by atoms with van der Waals surface area (Å²) in [6, 6.07) is 64.8. The molecule has 50 heavy (non-hydrogen) atoms. The molecule has 2 aliphatic rings. The van der Waals surface area contributed by atoms with E-state index in [2.05, 4.69) is 194 Å². The van der Waals surface area contributed by atoms with Crippen molar-refractivity contribution in [2.45, 2.75) is 5.41 Å². The summed E-state index contributed by atoms with van der Waals surface area (Å²) in [4.78, 5) is 0. The van der Waals surface area contributed by atoms with E-state index in [1.165, 1.54) is 77.9 Å². The Labute approximate surface area is 294 Å². The van der Waals surface area contributed by atoms with Gasteiger partial charge >= 0.3 is 0 Å². The van der Waals surface area contributed by atoms with Gasteiger partial charge in [0.25, 0.3) is 0 Å². The fourth-order valence-corrected chi connectivity index (χ4v) is 7.84. The van der Waals surface area contributed by atoms with E-state index in [0.29, 0.717) is 0 Å². The highest BCUT2D eigenvalue weighted by Gasteiger charge is 2.46. The van der Waals surface area contributed by atoms with E-state index in [-0.39, 0.29) is 0 Å². The molecule has 0 saturated carbocycles.